The third-order valence-corrected chi connectivity index (χ3v) is 3.12. The summed E-state index contributed by atoms with van der Waals surface area (Å²) in [6.07, 6.45) is -4.62. The van der Waals surface area contributed by atoms with Gasteiger partial charge in [-0.15, -0.1) is 0 Å². The Morgan fingerprint density at radius 2 is 2.10 bits per heavy atom. The zero-order valence-corrected chi connectivity index (χ0v) is 11.6. The normalized spacial score (nSPS) is 18.6. The summed E-state index contributed by atoms with van der Waals surface area (Å²) in [5, 5.41) is 9.14. The Bertz CT molecular complexity index is 558. The molecule has 1 aromatic rings. The zero-order valence-electron chi connectivity index (χ0n) is 11.6. The Hall–Kier alpha value is -1.83. The topological polar surface area (TPSA) is 62.7 Å². The van der Waals surface area contributed by atoms with E-state index in [1.807, 2.05) is 0 Å². The van der Waals surface area contributed by atoms with Gasteiger partial charge < -0.3 is 14.7 Å². The highest BCUT2D eigenvalue weighted by Crippen LogP contribution is 2.32. The third-order valence-electron chi connectivity index (χ3n) is 3.12. The minimum Gasteiger partial charge on any atom is -0.478 e. The van der Waals surface area contributed by atoms with Gasteiger partial charge in [0.1, 0.15) is 17.1 Å². The van der Waals surface area contributed by atoms with Crippen LogP contribution >= 0.6 is 0 Å². The molecule has 0 aromatic carbocycles. The van der Waals surface area contributed by atoms with E-state index >= 15 is 0 Å². The minimum absolute atomic E-state index is 0.172. The number of aromatic nitrogens is 1. The van der Waals surface area contributed by atoms with E-state index in [1.54, 1.807) is 13.8 Å². The molecule has 1 fully saturated rings. The van der Waals surface area contributed by atoms with Crippen LogP contribution in [0.1, 0.15) is 29.9 Å². The first-order chi connectivity index (χ1) is 9.60. The van der Waals surface area contributed by atoms with Crippen LogP contribution in [0.3, 0.4) is 0 Å². The van der Waals surface area contributed by atoms with Gasteiger partial charge in [-0.25, -0.2) is 9.78 Å². The second-order valence-electron chi connectivity index (χ2n) is 5.40. The number of carboxylic acids is 1. The van der Waals surface area contributed by atoms with Crippen molar-refractivity contribution in [3.8, 4) is 0 Å². The van der Waals surface area contributed by atoms with Crippen molar-refractivity contribution in [1.82, 2.24) is 4.98 Å². The van der Waals surface area contributed by atoms with Crippen molar-refractivity contribution >= 4 is 11.8 Å². The lowest BCUT2D eigenvalue weighted by Crippen LogP contribution is -2.49. The summed E-state index contributed by atoms with van der Waals surface area (Å²) in [6, 6.07) is 1.62. The maximum Gasteiger partial charge on any atom is 0.433 e. The molecule has 0 spiro atoms. The van der Waals surface area contributed by atoms with Crippen LogP contribution in [0, 0.1) is 0 Å². The molecular formula is C13H15F3N2O3. The molecule has 0 aliphatic carbocycles. The Morgan fingerprint density at radius 1 is 1.43 bits per heavy atom. The standard InChI is InChI=1S/C13H15F3N2O3/c1-12(2)7-18(5-6-21-12)10-8(11(19)20)3-4-9(17-10)13(14,15)16/h3-4H,5-7H2,1-2H3,(H,19,20). The van der Waals surface area contributed by atoms with Gasteiger partial charge in [-0.2, -0.15) is 13.2 Å². The fourth-order valence-corrected chi connectivity index (χ4v) is 2.21. The first-order valence-electron chi connectivity index (χ1n) is 6.30. The number of rotatable bonds is 2. The number of hydrogen-bond acceptors (Lipinski definition) is 4. The van der Waals surface area contributed by atoms with Gasteiger partial charge in [-0.1, -0.05) is 0 Å². The molecule has 0 amide bonds. The van der Waals surface area contributed by atoms with Gasteiger partial charge in [0.05, 0.1) is 12.2 Å². The lowest BCUT2D eigenvalue weighted by Gasteiger charge is -2.39. The summed E-state index contributed by atoms with van der Waals surface area (Å²) in [7, 11) is 0. The van der Waals surface area contributed by atoms with E-state index in [4.69, 9.17) is 9.84 Å². The fraction of sp³-hybridized carbons (Fsp3) is 0.538. The fourth-order valence-electron chi connectivity index (χ4n) is 2.21. The molecule has 2 heterocycles. The third kappa shape index (κ3) is 3.44. The number of ether oxygens (including phenoxy) is 1. The summed E-state index contributed by atoms with van der Waals surface area (Å²) in [6.45, 7) is 4.42. The van der Waals surface area contributed by atoms with Crippen molar-refractivity contribution in [2.45, 2.75) is 25.6 Å². The smallest absolute Gasteiger partial charge is 0.433 e. The van der Waals surface area contributed by atoms with Gasteiger partial charge >= 0.3 is 12.1 Å². The van der Waals surface area contributed by atoms with E-state index in [0.717, 1.165) is 6.07 Å². The predicted octanol–water partition coefficient (Wildman–Crippen LogP) is 2.41. The molecule has 1 aliphatic heterocycles. The van der Waals surface area contributed by atoms with Crippen LogP contribution in [-0.2, 0) is 10.9 Å². The Labute approximate surface area is 119 Å². The van der Waals surface area contributed by atoms with Gasteiger partial charge in [0.25, 0.3) is 0 Å². The predicted molar refractivity (Wildman–Crippen MR) is 68.4 cm³/mol. The number of carboxylic acid groups (broad SMARTS) is 1. The SMILES string of the molecule is CC1(C)CN(c2nc(C(F)(F)F)ccc2C(=O)O)CCO1. The number of aromatic carboxylic acids is 1. The van der Waals surface area contributed by atoms with Crippen LogP contribution in [0.4, 0.5) is 19.0 Å². The maximum absolute atomic E-state index is 12.8. The van der Waals surface area contributed by atoms with Gasteiger partial charge in [0, 0.05) is 13.1 Å². The van der Waals surface area contributed by atoms with Crippen LogP contribution in [0.15, 0.2) is 12.1 Å². The van der Waals surface area contributed by atoms with Crippen LogP contribution < -0.4 is 4.90 Å². The molecule has 1 aliphatic rings. The molecule has 0 bridgehead atoms. The second kappa shape index (κ2) is 5.18. The monoisotopic (exact) mass is 304 g/mol. The van der Waals surface area contributed by atoms with Gasteiger partial charge in [-0.3, -0.25) is 0 Å². The molecule has 0 unspecified atom stereocenters. The number of pyridine rings is 1. The largest absolute Gasteiger partial charge is 0.478 e. The Balaban J connectivity index is 2.46. The quantitative estimate of drug-likeness (QED) is 0.909. The van der Waals surface area contributed by atoms with Crippen molar-refractivity contribution in [2.75, 3.05) is 24.6 Å². The molecule has 0 atom stereocenters. The van der Waals surface area contributed by atoms with Gasteiger partial charge in [-0.05, 0) is 26.0 Å². The van der Waals surface area contributed by atoms with E-state index in [0.29, 0.717) is 12.7 Å². The first-order valence-corrected chi connectivity index (χ1v) is 6.30. The zero-order chi connectivity index (χ0) is 15.8. The molecule has 0 saturated carbocycles. The van der Waals surface area contributed by atoms with Crippen molar-refractivity contribution < 1.29 is 27.8 Å². The molecular weight excluding hydrogens is 289 g/mol. The highest BCUT2D eigenvalue weighted by atomic mass is 19.4. The van der Waals surface area contributed by atoms with E-state index in [9.17, 15) is 18.0 Å². The number of alkyl halides is 3. The molecule has 1 aromatic heterocycles. The Morgan fingerprint density at radius 3 is 2.62 bits per heavy atom. The second-order valence-corrected chi connectivity index (χ2v) is 5.40. The van der Waals surface area contributed by atoms with E-state index in [2.05, 4.69) is 4.98 Å². The molecule has 1 N–H and O–H groups in total. The van der Waals surface area contributed by atoms with Crippen molar-refractivity contribution in [3.63, 3.8) is 0 Å². The lowest BCUT2D eigenvalue weighted by atomic mass is 10.1. The van der Waals surface area contributed by atoms with E-state index in [-0.39, 0.29) is 24.5 Å². The summed E-state index contributed by atoms with van der Waals surface area (Å²) in [4.78, 5) is 16.2. The summed E-state index contributed by atoms with van der Waals surface area (Å²) >= 11 is 0. The van der Waals surface area contributed by atoms with Crippen LogP contribution in [0.25, 0.3) is 0 Å². The summed E-state index contributed by atoms with van der Waals surface area (Å²) in [5.74, 6) is -1.48. The maximum atomic E-state index is 12.8. The highest BCUT2D eigenvalue weighted by molar-refractivity contribution is 5.93. The van der Waals surface area contributed by atoms with Crippen molar-refractivity contribution in [3.05, 3.63) is 23.4 Å². The molecule has 2 rings (SSSR count). The molecule has 0 radical (unpaired) electrons. The van der Waals surface area contributed by atoms with Gasteiger partial charge in [0.2, 0.25) is 0 Å². The van der Waals surface area contributed by atoms with Crippen molar-refractivity contribution in [2.24, 2.45) is 0 Å². The first kappa shape index (κ1) is 15.6. The number of anilines is 1. The summed E-state index contributed by atoms with van der Waals surface area (Å²) in [5.41, 5.74) is -1.93. The highest BCUT2D eigenvalue weighted by Gasteiger charge is 2.36. The average Bonchev–Trinajstić information content (AvgIpc) is 2.35. The minimum atomic E-state index is -4.62. The number of halogens is 3. The number of morpholine rings is 1. The lowest BCUT2D eigenvalue weighted by molar-refractivity contribution is -0.141. The van der Waals surface area contributed by atoms with Gasteiger partial charge in [0.15, 0.2) is 0 Å². The molecule has 116 valence electrons. The van der Waals surface area contributed by atoms with E-state index < -0.39 is 23.4 Å². The van der Waals surface area contributed by atoms with Crippen LogP contribution in [0.5, 0.6) is 0 Å². The molecule has 5 nitrogen and oxygen atoms in total. The van der Waals surface area contributed by atoms with Crippen LogP contribution in [0.2, 0.25) is 0 Å². The molecule has 8 heteroatoms. The number of carbonyl (C=O) groups is 1. The molecule has 1 saturated heterocycles. The average molecular weight is 304 g/mol. The Kier molecular flexibility index (Phi) is 3.83. The van der Waals surface area contributed by atoms with E-state index in [1.165, 1.54) is 4.90 Å². The number of hydrogen-bond donors (Lipinski definition) is 1. The van der Waals surface area contributed by atoms with Crippen molar-refractivity contribution in [1.29, 1.82) is 0 Å². The summed E-state index contributed by atoms with van der Waals surface area (Å²) < 4.78 is 43.8. The number of nitrogens with zero attached hydrogens (tertiary/aromatic N) is 2. The van der Waals surface area contributed by atoms with Crippen LogP contribution in [-0.4, -0.2) is 41.4 Å². The molecule has 21 heavy (non-hydrogen) atoms.